The Bertz CT molecular complexity index is 950. The molecule has 0 amide bonds. The summed E-state index contributed by atoms with van der Waals surface area (Å²) in [7, 11) is 0. The number of halogens is 1. The molecular formula is C19H18FN2OS2+. The molecule has 0 N–H and O–H groups in total. The van der Waals surface area contributed by atoms with Gasteiger partial charge in [0, 0.05) is 6.07 Å². The Morgan fingerprint density at radius 3 is 2.64 bits per heavy atom. The van der Waals surface area contributed by atoms with E-state index < -0.39 is 0 Å². The number of aromatic nitrogens is 2. The number of hydrogen-bond acceptors (Lipinski definition) is 3. The highest BCUT2D eigenvalue weighted by molar-refractivity contribution is 8.16. The fourth-order valence-electron chi connectivity index (χ4n) is 3.01. The van der Waals surface area contributed by atoms with Crippen LogP contribution in [0.2, 0.25) is 0 Å². The van der Waals surface area contributed by atoms with Crippen LogP contribution in [0.4, 0.5) is 4.39 Å². The molecule has 3 heterocycles. The van der Waals surface area contributed by atoms with Crippen LogP contribution in [0.25, 0.3) is 5.65 Å². The summed E-state index contributed by atoms with van der Waals surface area (Å²) in [5.74, 6) is 1.94. The van der Waals surface area contributed by atoms with Crippen molar-refractivity contribution in [2.45, 2.75) is 17.5 Å². The average molecular weight is 373 g/mol. The predicted molar refractivity (Wildman–Crippen MR) is 102 cm³/mol. The molecule has 1 aliphatic rings. The Morgan fingerprint density at radius 2 is 1.88 bits per heavy atom. The van der Waals surface area contributed by atoms with Gasteiger partial charge in [-0.15, -0.1) is 23.5 Å². The maximum Gasteiger partial charge on any atom is 0.347 e. The molecule has 0 unspecified atom stereocenters. The molecule has 3 nitrogen and oxygen atoms in total. The SMILES string of the molecule is O=c1c(C2SCCCS2)c[n+](Cc2ccc(F)cc2)c2ccccn12. The first kappa shape index (κ1) is 16.7. The van der Waals surface area contributed by atoms with Gasteiger partial charge >= 0.3 is 5.56 Å². The highest BCUT2D eigenvalue weighted by Gasteiger charge is 2.25. The molecule has 0 radical (unpaired) electrons. The number of pyridine rings is 1. The maximum absolute atomic E-state index is 13.2. The van der Waals surface area contributed by atoms with Gasteiger partial charge < -0.3 is 0 Å². The van der Waals surface area contributed by atoms with Gasteiger partial charge in [0.1, 0.15) is 24.1 Å². The topological polar surface area (TPSA) is 25.4 Å². The molecular weight excluding hydrogens is 355 g/mol. The fourth-order valence-corrected chi connectivity index (χ4v) is 5.89. The summed E-state index contributed by atoms with van der Waals surface area (Å²) in [6.45, 7) is 0.600. The smallest absolute Gasteiger partial charge is 0.240 e. The highest BCUT2D eigenvalue weighted by Crippen LogP contribution is 2.42. The normalized spacial score (nSPS) is 15.6. The van der Waals surface area contributed by atoms with Crippen LogP contribution < -0.4 is 10.1 Å². The zero-order valence-electron chi connectivity index (χ0n) is 13.6. The third-order valence-corrected chi connectivity index (χ3v) is 7.22. The molecule has 1 fully saturated rings. The van der Waals surface area contributed by atoms with E-state index >= 15 is 0 Å². The van der Waals surface area contributed by atoms with Crippen molar-refractivity contribution < 1.29 is 8.96 Å². The summed E-state index contributed by atoms with van der Waals surface area (Å²) in [5, 5.41) is 0. The Balaban J connectivity index is 1.82. The van der Waals surface area contributed by atoms with Gasteiger partial charge in [0.05, 0.1) is 10.8 Å². The highest BCUT2D eigenvalue weighted by atomic mass is 32.2. The van der Waals surface area contributed by atoms with E-state index in [4.69, 9.17) is 0 Å². The molecule has 0 bridgehead atoms. The second kappa shape index (κ2) is 7.22. The number of thioether (sulfide) groups is 2. The predicted octanol–water partition coefficient (Wildman–Crippen LogP) is 3.64. The van der Waals surface area contributed by atoms with E-state index in [1.54, 1.807) is 16.5 Å². The second-order valence-electron chi connectivity index (χ2n) is 6.00. The quantitative estimate of drug-likeness (QED) is 0.656. The van der Waals surface area contributed by atoms with Gasteiger partial charge in [-0.3, -0.25) is 0 Å². The summed E-state index contributed by atoms with van der Waals surface area (Å²) >= 11 is 3.69. The van der Waals surface area contributed by atoms with Gasteiger partial charge in [0.2, 0.25) is 0 Å². The number of benzene rings is 1. The van der Waals surface area contributed by atoms with Crippen molar-refractivity contribution in [3.05, 3.63) is 82.2 Å². The van der Waals surface area contributed by atoms with Crippen LogP contribution in [0.5, 0.6) is 0 Å². The molecule has 0 aliphatic carbocycles. The van der Waals surface area contributed by atoms with Crippen LogP contribution in [0.3, 0.4) is 0 Å². The first-order valence-corrected chi connectivity index (χ1v) is 10.3. The molecule has 0 atom stereocenters. The second-order valence-corrected chi connectivity index (χ2v) is 8.72. The Hall–Kier alpha value is -1.79. The van der Waals surface area contributed by atoms with E-state index in [1.807, 2.05) is 54.1 Å². The minimum Gasteiger partial charge on any atom is -0.240 e. The summed E-state index contributed by atoms with van der Waals surface area (Å²) in [6.07, 6.45) is 4.99. The summed E-state index contributed by atoms with van der Waals surface area (Å²) in [6, 6.07) is 12.3. The van der Waals surface area contributed by atoms with Crippen LogP contribution in [-0.4, -0.2) is 15.9 Å². The third-order valence-electron chi connectivity index (χ3n) is 4.24. The molecule has 25 heavy (non-hydrogen) atoms. The van der Waals surface area contributed by atoms with Gasteiger partial charge in [-0.2, -0.15) is 4.40 Å². The van der Waals surface area contributed by atoms with Crippen molar-refractivity contribution in [3.8, 4) is 0 Å². The van der Waals surface area contributed by atoms with Crippen LogP contribution in [-0.2, 0) is 6.54 Å². The van der Waals surface area contributed by atoms with Crippen molar-refractivity contribution in [3.63, 3.8) is 0 Å². The summed E-state index contributed by atoms with van der Waals surface area (Å²) in [5.41, 5.74) is 2.73. The minimum atomic E-state index is -0.237. The molecule has 1 aliphatic heterocycles. The molecule has 1 aromatic carbocycles. The lowest BCUT2D eigenvalue weighted by Crippen LogP contribution is -2.41. The third kappa shape index (κ3) is 3.46. The molecule has 6 heteroatoms. The first-order chi connectivity index (χ1) is 12.2. The lowest BCUT2D eigenvalue weighted by molar-refractivity contribution is -0.666. The molecule has 3 aromatic rings. The Kier molecular flexibility index (Phi) is 4.81. The average Bonchev–Trinajstić information content (AvgIpc) is 2.66. The van der Waals surface area contributed by atoms with E-state index in [-0.39, 0.29) is 16.0 Å². The van der Waals surface area contributed by atoms with Gasteiger partial charge in [0.25, 0.3) is 5.65 Å². The van der Waals surface area contributed by atoms with Gasteiger partial charge in [0.15, 0.2) is 0 Å². The molecule has 1 saturated heterocycles. The monoisotopic (exact) mass is 373 g/mol. The largest absolute Gasteiger partial charge is 0.347 e. The van der Waals surface area contributed by atoms with Crippen LogP contribution >= 0.6 is 23.5 Å². The maximum atomic E-state index is 13.2. The molecule has 2 aromatic heterocycles. The van der Waals surface area contributed by atoms with Crippen molar-refractivity contribution >= 4 is 29.2 Å². The van der Waals surface area contributed by atoms with Crippen molar-refractivity contribution in [1.29, 1.82) is 0 Å². The van der Waals surface area contributed by atoms with E-state index in [1.165, 1.54) is 18.6 Å². The van der Waals surface area contributed by atoms with Crippen LogP contribution in [0.1, 0.15) is 22.1 Å². The summed E-state index contributed by atoms with van der Waals surface area (Å²) < 4.78 is 17.2. The number of fused-ring (bicyclic) bond motifs is 1. The molecule has 0 spiro atoms. The van der Waals surface area contributed by atoms with E-state index in [0.717, 1.165) is 28.3 Å². The van der Waals surface area contributed by atoms with E-state index in [9.17, 15) is 9.18 Å². The van der Waals surface area contributed by atoms with Gasteiger partial charge in [-0.25, -0.2) is 13.8 Å². The Morgan fingerprint density at radius 1 is 1.12 bits per heavy atom. The zero-order chi connectivity index (χ0) is 17.2. The van der Waals surface area contributed by atoms with Crippen molar-refractivity contribution in [2.75, 3.05) is 11.5 Å². The summed E-state index contributed by atoms with van der Waals surface area (Å²) in [4.78, 5) is 13.0. The van der Waals surface area contributed by atoms with E-state index in [2.05, 4.69) is 4.57 Å². The zero-order valence-corrected chi connectivity index (χ0v) is 15.2. The minimum absolute atomic E-state index is 0.0536. The first-order valence-electron chi connectivity index (χ1n) is 8.24. The van der Waals surface area contributed by atoms with Crippen LogP contribution in [0, 0.1) is 5.82 Å². The number of nitrogens with zero attached hydrogens (tertiary/aromatic N) is 2. The number of rotatable bonds is 3. The van der Waals surface area contributed by atoms with Gasteiger partial charge in [-0.1, -0.05) is 18.2 Å². The van der Waals surface area contributed by atoms with E-state index in [0.29, 0.717) is 6.54 Å². The molecule has 128 valence electrons. The van der Waals surface area contributed by atoms with Gasteiger partial charge in [-0.05, 0) is 41.7 Å². The Labute approximate surface area is 153 Å². The van der Waals surface area contributed by atoms with Crippen LogP contribution in [0.15, 0.2) is 59.7 Å². The molecule has 0 saturated carbocycles. The fraction of sp³-hybridized carbons (Fsp3) is 0.263. The lowest BCUT2D eigenvalue weighted by Gasteiger charge is -2.20. The number of hydrogen-bond donors (Lipinski definition) is 0. The standard InChI is InChI=1S/C19H18FN2OS2/c20-15-7-5-14(6-8-15)12-21-13-16(19-24-10-3-11-25-19)18(23)22-9-2-1-4-17(21)22/h1-2,4-9,13,19H,3,10-12H2/q+1. The van der Waals surface area contributed by atoms with Crippen molar-refractivity contribution in [1.82, 2.24) is 4.40 Å². The molecule has 4 rings (SSSR count). The van der Waals surface area contributed by atoms with Crippen molar-refractivity contribution in [2.24, 2.45) is 0 Å². The lowest BCUT2D eigenvalue weighted by atomic mass is 10.2.